The van der Waals surface area contributed by atoms with Crippen molar-refractivity contribution in [2.24, 2.45) is 0 Å². The first-order chi connectivity index (χ1) is 13.7. The van der Waals surface area contributed by atoms with Crippen molar-refractivity contribution < 1.29 is 14.3 Å². The fourth-order valence-electron chi connectivity index (χ4n) is 3.68. The van der Waals surface area contributed by atoms with Gasteiger partial charge in [0.2, 0.25) is 0 Å². The van der Waals surface area contributed by atoms with E-state index in [4.69, 9.17) is 11.2 Å². The van der Waals surface area contributed by atoms with E-state index in [0.717, 1.165) is 37.5 Å². The smallest absolute Gasteiger partial charge is 0.410 e. The monoisotopic (exact) mass is 404 g/mol. The lowest BCUT2D eigenvalue weighted by Gasteiger charge is -2.30. The van der Waals surface area contributed by atoms with Crippen LogP contribution in [-0.2, 0) is 4.74 Å². The number of piperidine rings is 2. The molecule has 0 aromatic carbocycles. The molecule has 28 heavy (non-hydrogen) atoms. The second kappa shape index (κ2) is 10.4. The van der Waals surface area contributed by atoms with Gasteiger partial charge in [0.15, 0.2) is 6.61 Å². The van der Waals surface area contributed by atoms with Gasteiger partial charge in [0.25, 0.3) is 5.91 Å². The number of carbonyl (C=O) groups is 2. The summed E-state index contributed by atoms with van der Waals surface area (Å²) in [6.45, 7) is 5.05. The number of amides is 2. The Hall–Kier alpha value is -2.11. The molecular formula is C20H28N4O3S. The molecule has 1 N–H and O–H groups in total. The first kappa shape index (κ1) is 20.6. The van der Waals surface area contributed by atoms with Gasteiger partial charge in [-0.2, -0.15) is 0 Å². The molecular weight excluding hydrogens is 376 g/mol. The van der Waals surface area contributed by atoms with Gasteiger partial charge in [-0.3, -0.25) is 4.79 Å². The van der Waals surface area contributed by atoms with Crippen LogP contribution in [0.25, 0.3) is 0 Å². The molecule has 2 fully saturated rings. The van der Waals surface area contributed by atoms with Gasteiger partial charge in [-0.15, -0.1) is 17.8 Å². The largest absolute Gasteiger partial charge is 0.436 e. The average Bonchev–Trinajstić information content (AvgIpc) is 3.23. The standard InChI is InChI=1S/C20H28N4O3S/c1-2-14-27-20(26)24-11-6-16(7-12-24)19-22-17(15-28-19)18(25)21-8-13-23-9-4-3-5-10-23/h1,15-16H,3-14H2,(H,21,25). The summed E-state index contributed by atoms with van der Waals surface area (Å²) in [6.07, 6.45) is 10.2. The van der Waals surface area contributed by atoms with E-state index in [-0.39, 0.29) is 24.5 Å². The van der Waals surface area contributed by atoms with Crippen LogP contribution in [0.5, 0.6) is 0 Å². The Labute approximate surface area is 170 Å². The number of thiazole rings is 1. The molecule has 2 aliphatic heterocycles. The van der Waals surface area contributed by atoms with Crippen molar-refractivity contribution in [3.8, 4) is 12.3 Å². The number of aromatic nitrogens is 1. The number of carbonyl (C=O) groups excluding carboxylic acids is 2. The zero-order chi connectivity index (χ0) is 19.8. The minimum absolute atomic E-state index is 0.00146. The van der Waals surface area contributed by atoms with Gasteiger partial charge in [0.1, 0.15) is 5.69 Å². The molecule has 1 aromatic heterocycles. The molecule has 0 radical (unpaired) electrons. The first-order valence-corrected chi connectivity index (χ1v) is 10.9. The molecule has 0 aliphatic carbocycles. The van der Waals surface area contributed by atoms with Gasteiger partial charge in [-0.05, 0) is 38.8 Å². The number of hydrogen-bond donors (Lipinski definition) is 1. The van der Waals surface area contributed by atoms with E-state index in [1.54, 1.807) is 4.90 Å². The second-order valence-corrected chi connectivity index (χ2v) is 8.14. The number of ether oxygens (including phenoxy) is 1. The van der Waals surface area contributed by atoms with Crippen LogP contribution >= 0.6 is 11.3 Å². The topological polar surface area (TPSA) is 74.8 Å². The molecule has 0 spiro atoms. The third kappa shape index (κ3) is 5.69. The molecule has 0 bridgehead atoms. The van der Waals surface area contributed by atoms with Crippen molar-refractivity contribution in [2.45, 2.75) is 38.0 Å². The minimum atomic E-state index is -0.357. The van der Waals surface area contributed by atoms with E-state index in [9.17, 15) is 9.59 Å². The second-order valence-electron chi connectivity index (χ2n) is 7.25. The van der Waals surface area contributed by atoms with E-state index in [1.165, 1.54) is 30.6 Å². The fraction of sp³-hybridized carbons (Fsp3) is 0.650. The van der Waals surface area contributed by atoms with Crippen LogP contribution in [0.1, 0.15) is 53.5 Å². The normalized spacial score (nSPS) is 18.5. The van der Waals surface area contributed by atoms with Crippen LogP contribution in [0.15, 0.2) is 5.38 Å². The lowest BCUT2D eigenvalue weighted by molar-refractivity contribution is 0.0942. The number of likely N-dealkylation sites (tertiary alicyclic amines) is 2. The van der Waals surface area contributed by atoms with Gasteiger partial charge in [-0.25, -0.2) is 9.78 Å². The van der Waals surface area contributed by atoms with E-state index in [0.29, 0.717) is 25.3 Å². The lowest BCUT2D eigenvalue weighted by Crippen LogP contribution is -2.38. The van der Waals surface area contributed by atoms with Crippen molar-refractivity contribution >= 4 is 23.3 Å². The molecule has 0 atom stereocenters. The van der Waals surface area contributed by atoms with E-state index >= 15 is 0 Å². The van der Waals surface area contributed by atoms with Crippen molar-refractivity contribution in [3.05, 3.63) is 16.1 Å². The number of nitrogens with one attached hydrogen (secondary N) is 1. The minimum Gasteiger partial charge on any atom is -0.436 e. The maximum Gasteiger partial charge on any atom is 0.410 e. The highest BCUT2D eigenvalue weighted by molar-refractivity contribution is 7.09. The molecule has 3 rings (SSSR count). The van der Waals surface area contributed by atoms with Crippen LogP contribution in [0.4, 0.5) is 4.79 Å². The van der Waals surface area contributed by atoms with Crippen molar-refractivity contribution in [2.75, 3.05) is 45.9 Å². The van der Waals surface area contributed by atoms with Crippen molar-refractivity contribution in [3.63, 3.8) is 0 Å². The quantitative estimate of drug-likeness (QED) is 0.737. The van der Waals surface area contributed by atoms with Crippen molar-refractivity contribution in [1.29, 1.82) is 0 Å². The Bertz CT molecular complexity index is 701. The molecule has 2 saturated heterocycles. The Morgan fingerprint density at radius 1 is 1.25 bits per heavy atom. The fourth-order valence-corrected chi connectivity index (χ4v) is 4.66. The van der Waals surface area contributed by atoms with Gasteiger partial charge < -0.3 is 19.9 Å². The number of hydrogen-bond acceptors (Lipinski definition) is 6. The molecule has 2 aliphatic rings. The summed E-state index contributed by atoms with van der Waals surface area (Å²) in [4.78, 5) is 32.8. The van der Waals surface area contributed by atoms with E-state index < -0.39 is 0 Å². The van der Waals surface area contributed by atoms with Crippen LogP contribution in [0.3, 0.4) is 0 Å². The molecule has 8 heteroatoms. The Kier molecular flexibility index (Phi) is 7.69. The summed E-state index contributed by atoms with van der Waals surface area (Å²) in [5, 5.41) is 5.78. The summed E-state index contributed by atoms with van der Waals surface area (Å²) in [6, 6.07) is 0. The number of nitrogens with zero attached hydrogens (tertiary/aromatic N) is 3. The highest BCUT2D eigenvalue weighted by Crippen LogP contribution is 2.30. The first-order valence-electron chi connectivity index (χ1n) is 9.98. The van der Waals surface area contributed by atoms with Crippen LogP contribution in [0.2, 0.25) is 0 Å². The molecule has 1 aromatic rings. The molecule has 152 valence electrons. The third-order valence-corrected chi connectivity index (χ3v) is 6.31. The zero-order valence-corrected chi connectivity index (χ0v) is 17.0. The van der Waals surface area contributed by atoms with E-state index in [1.807, 2.05) is 5.38 Å². The summed E-state index contributed by atoms with van der Waals surface area (Å²) in [5.74, 6) is 2.47. The average molecular weight is 405 g/mol. The maximum absolute atomic E-state index is 12.4. The zero-order valence-electron chi connectivity index (χ0n) is 16.2. The van der Waals surface area contributed by atoms with Gasteiger partial charge in [-0.1, -0.05) is 12.3 Å². The summed E-state index contributed by atoms with van der Waals surface area (Å²) < 4.78 is 4.97. The van der Waals surface area contributed by atoms with Gasteiger partial charge in [0, 0.05) is 37.5 Å². The number of terminal acetylenes is 1. The summed E-state index contributed by atoms with van der Waals surface area (Å²) in [5.41, 5.74) is 0.495. The van der Waals surface area contributed by atoms with Gasteiger partial charge >= 0.3 is 6.09 Å². The van der Waals surface area contributed by atoms with Crippen molar-refractivity contribution in [1.82, 2.24) is 20.1 Å². The SMILES string of the molecule is C#CCOC(=O)N1CCC(c2nc(C(=O)NCCN3CCCCC3)cs2)CC1. The summed E-state index contributed by atoms with van der Waals surface area (Å²) >= 11 is 1.53. The van der Waals surface area contributed by atoms with Crippen LogP contribution in [-0.4, -0.2) is 72.7 Å². The Balaban J connectivity index is 1.42. The highest BCUT2D eigenvalue weighted by Gasteiger charge is 2.27. The molecule has 0 saturated carbocycles. The van der Waals surface area contributed by atoms with Gasteiger partial charge in [0.05, 0.1) is 5.01 Å². The number of rotatable bonds is 6. The third-order valence-electron chi connectivity index (χ3n) is 5.30. The predicted molar refractivity (Wildman–Crippen MR) is 108 cm³/mol. The summed E-state index contributed by atoms with van der Waals surface area (Å²) in [7, 11) is 0. The molecule has 3 heterocycles. The van der Waals surface area contributed by atoms with Crippen LogP contribution in [0, 0.1) is 12.3 Å². The highest BCUT2D eigenvalue weighted by atomic mass is 32.1. The molecule has 0 unspecified atom stereocenters. The maximum atomic E-state index is 12.4. The van der Waals surface area contributed by atoms with E-state index in [2.05, 4.69) is 21.1 Å². The molecule has 7 nitrogen and oxygen atoms in total. The lowest BCUT2D eigenvalue weighted by atomic mass is 9.98. The Morgan fingerprint density at radius 3 is 2.71 bits per heavy atom. The predicted octanol–water partition coefficient (Wildman–Crippen LogP) is 2.31. The molecule has 2 amide bonds. The van der Waals surface area contributed by atoms with Crippen LogP contribution < -0.4 is 5.32 Å². The Morgan fingerprint density at radius 2 is 2.00 bits per heavy atom.